The molecule has 0 aliphatic carbocycles. The lowest BCUT2D eigenvalue weighted by atomic mass is 10.2. The highest BCUT2D eigenvalue weighted by atomic mass is 19.4. The predicted octanol–water partition coefficient (Wildman–Crippen LogP) is 2.62. The molecule has 0 unspecified atom stereocenters. The number of rotatable bonds is 5. The van der Waals surface area contributed by atoms with Crippen LogP contribution in [0.5, 0.6) is 5.75 Å². The van der Waals surface area contributed by atoms with Gasteiger partial charge in [-0.2, -0.15) is 0 Å². The Morgan fingerprint density at radius 3 is 2.43 bits per heavy atom. The third kappa shape index (κ3) is 4.78. The summed E-state index contributed by atoms with van der Waals surface area (Å²) in [5.74, 6) is -0.139. The lowest BCUT2D eigenvalue weighted by Crippen LogP contribution is -2.52. The molecule has 118 valence electrons. The molecule has 0 bridgehead atoms. The van der Waals surface area contributed by atoms with Crippen LogP contribution in [0.15, 0.2) is 24.3 Å². The van der Waals surface area contributed by atoms with Gasteiger partial charge in [0.2, 0.25) is 0 Å². The second kappa shape index (κ2) is 7.00. The van der Waals surface area contributed by atoms with Crippen LogP contribution in [0.4, 0.5) is 18.9 Å². The van der Waals surface area contributed by atoms with Crippen molar-refractivity contribution in [3.05, 3.63) is 24.3 Å². The number of hydrazine groups is 1. The van der Waals surface area contributed by atoms with Crippen LogP contribution >= 0.6 is 0 Å². The summed E-state index contributed by atoms with van der Waals surface area (Å²) in [4.78, 5) is 1.92. The average molecular weight is 303 g/mol. The first-order chi connectivity index (χ1) is 9.99. The molecule has 1 heterocycles. The highest BCUT2D eigenvalue weighted by Gasteiger charge is 2.33. The lowest BCUT2D eigenvalue weighted by Gasteiger charge is -2.36. The van der Waals surface area contributed by atoms with Crippen molar-refractivity contribution in [3.8, 4) is 5.75 Å². The second-order valence-electron chi connectivity index (χ2n) is 4.90. The van der Waals surface area contributed by atoms with Crippen molar-refractivity contribution < 1.29 is 17.9 Å². The normalized spacial score (nSPS) is 17.0. The first-order valence-electron chi connectivity index (χ1n) is 7.08. The van der Waals surface area contributed by atoms with Gasteiger partial charge in [0.1, 0.15) is 0 Å². The van der Waals surface area contributed by atoms with Crippen LogP contribution in [0.1, 0.15) is 13.3 Å². The topological polar surface area (TPSA) is 27.7 Å². The Balaban J connectivity index is 2.00. The Labute approximate surface area is 122 Å². The Bertz CT molecular complexity index is 445. The largest absolute Gasteiger partial charge is 0.573 e. The Kier molecular flexibility index (Phi) is 5.30. The summed E-state index contributed by atoms with van der Waals surface area (Å²) in [5.41, 5.74) is 3.78. The predicted molar refractivity (Wildman–Crippen MR) is 75.2 cm³/mol. The number of nitrogens with one attached hydrogen (secondary N) is 1. The number of alkyl halides is 3. The molecule has 0 spiro atoms. The van der Waals surface area contributed by atoms with E-state index in [9.17, 15) is 13.2 Å². The van der Waals surface area contributed by atoms with Crippen molar-refractivity contribution in [1.82, 2.24) is 10.4 Å². The van der Waals surface area contributed by atoms with Gasteiger partial charge in [0.15, 0.2) is 5.75 Å². The number of halogens is 3. The fourth-order valence-corrected chi connectivity index (χ4v) is 2.30. The fraction of sp³-hybridized carbons (Fsp3) is 0.571. The maximum absolute atomic E-state index is 12.4. The van der Waals surface area contributed by atoms with Crippen LogP contribution < -0.4 is 15.1 Å². The molecule has 1 fully saturated rings. The van der Waals surface area contributed by atoms with Gasteiger partial charge in [0, 0.05) is 32.7 Å². The molecule has 1 N–H and O–H groups in total. The second-order valence-corrected chi connectivity index (χ2v) is 4.90. The Hall–Kier alpha value is -1.47. The molecule has 2 rings (SSSR count). The van der Waals surface area contributed by atoms with Crippen LogP contribution in [0, 0.1) is 0 Å². The molecule has 0 saturated carbocycles. The van der Waals surface area contributed by atoms with Crippen LogP contribution in [0.25, 0.3) is 0 Å². The molecule has 1 aliphatic heterocycles. The van der Waals surface area contributed by atoms with Gasteiger partial charge in [0.05, 0.1) is 5.69 Å². The third-order valence-corrected chi connectivity index (χ3v) is 3.30. The molecule has 21 heavy (non-hydrogen) atoms. The van der Waals surface area contributed by atoms with E-state index in [2.05, 4.69) is 22.1 Å². The van der Waals surface area contributed by atoms with Gasteiger partial charge in [0.25, 0.3) is 0 Å². The van der Waals surface area contributed by atoms with E-state index in [-0.39, 0.29) is 5.75 Å². The number of ether oxygens (including phenoxy) is 1. The third-order valence-electron chi connectivity index (χ3n) is 3.30. The molecular weight excluding hydrogens is 283 g/mol. The average Bonchev–Trinajstić information content (AvgIpc) is 2.45. The number of nitrogens with zero attached hydrogens (tertiary/aromatic N) is 2. The van der Waals surface area contributed by atoms with Crippen LogP contribution in [0.3, 0.4) is 0 Å². The summed E-state index contributed by atoms with van der Waals surface area (Å²) < 4.78 is 41.4. The number of anilines is 1. The standard InChI is InChI=1S/C14H20F3N3O/c1-2-7-18-20-10-8-19(9-11-20)12-5-3-4-6-13(12)21-14(15,16)17/h3-6,18H,2,7-11H2,1H3. The zero-order valence-electron chi connectivity index (χ0n) is 12.0. The van der Waals surface area contributed by atoms with Crippen molar-refractivity contribution in [2.24, 2.45) is 0 Å². The van der Waals surface area contributed by atoms with Gasteiger partial charge in [-0.25, -0.2) is 5.01 Å². The van der Waals surface area contributed by atoms with Crippen LogP contribution in [0.2, 0.25) is 0 Å². The molecule has 1 aliphatic rings. The highest BCUT2D eigenvalue weighted by molar-refractivity contribution is 5.58. The maximum Gasteiger partial charge on any atom is 0.573 e. The van der Waals surface area contributed by atoms with Crippen molar-refractivity contribution in [2.45, 2.75) is 19.7 Å². The first-order valence-corrected chi connectivity index (χ1v) is 7.08. The van der Waals surface area contributed by atoms with Gasteiger partial charge < -0.3 is 9.64 Å². The highest BCUT2D eigenvalue weighted by Crippen LogP contribution is 2.33. The zero-order valence-corrected chi connectivity index (χ0v) is 12.0. The van der Waals surface area contributed by atoms with E-state index in [1.54, 1.807) is 18.2 Å². The Morgan fingerprint density at radius 1 is 1.14 bits per heavy atom. The quantitative estimate of drug-likeness (QED) is 0.905. The summed E-state index contributed by atoms with van der Waals surface area (Å²) in [7, 11) is 0. The van der Waals surface area contributed by atoms with E-state index >= 15 is 0 Å². The van der Waals surface area contributed by atoms with Gasteiger partial charge in [-0.3, -0.25) is 5.43 Å². The van der Waals surface area contributed by atoms with Crippen LogP contribution in [-0.2, 0) is 0 Å². The smallest absolute Gasteiger partial charge is 0.404 e. The molecule has 0 amide bonds. The van der Waals surface area contributed by atoms with Crippen molar-refractivity contribution in [2.75, 3.05) is 37.6 Å². The molecule has 7 heteroatoms. The number of benzene rings is 1. The van der Waals surface area contributed by atoms with Gasteiger partial charge >= 0.3 is 6.36 Å². The lowest BCUT2D eigenvalue weighted by molar-refractivity contribution is -0.274. The van der Waals surface area contributed by atoms with Gasteiger partial charge in [-0.15, -0.1) is 13.2 Å². The summed E-state index contributed by atoms with van der Waals surface area (Å²) >= 11 is 0. The summed E-state index contributed by atoms with van der Waals surface area (Å²) in [5, 5.41) is 2.10. The summed E-state index contributed by atoms with van der Waals surface area (Å²) in [6.45, 7) is 5.85. The zero-order chi connectivity index (χ0) is 15.3. The Morgan fingerprint density at radius 2 is 1.81 bits per heavy atom. The van der Waals surface area contributed by atoms with Crippen molar-refractivity contribution in [1.29, 1.82) is 0 Å². The van der Waals surface area contributed by atoms with Crippen molar-refractivity contribution in [3.63, 3.8) is 0 Å². The fourth-order valence-electron chi connectivity index (χ4n) is 2.30. The molecule has 1 saturated heterocycles. The van der Waals surface area contributed by atoms with E-state index in [1.807, 2.05) is 4.90 Å². The molecule has 0 atom stereocenters. The van der Waals surface area contributed by atoms with E-state index in [0.29, 0.717) is 18.8 Å². The van der Waals surface area contributed by atoms with Crippen molar-refractivity contribution >= 4 is 5.69 Å². The van der Waals surface area contributed by atoms with E-state index < -0.39 is 6.36 Å². The van der Waals surface area contributed by atoms with E-state index in [1.165, 1.54) is 6.07 Å². The van der Waals surface area contributed by atoms with E-state index in [0.717, 1.165) is 26.1 Å². The number of hydrogen-bond acceptors (Lipinski definition) is 4. The van der Waals surface area contributed by atoms with Gasteiger partial charge in [-0.05, 0) is 18.6 Å². The molecule has 4 nitrogen and oxygen atoms in total. The molecule has 0 radical (unpaired) electrons. The number of hydrogen-bond donors (Lipinski definition) is 1. The minimum atomic E-state index is -4.67. The number of piperazine rings is 1. The minimum Gasteiger partial charge on any atom is -0.404 e. The minimum absolute atomic E-state index is 0.139. The SMILES string of the molecule is CCCNN1CCN(c2ccccc2OC(F)(F)F)CC1. The summed E-state index contributed by atoms with van der Waals surface area (Å²) in [6, 6.07) is 6.28. The van der Waals surface area contributed by atoms with Crippen LogP contribution in [-0.4, -0.2) is 44.1 Å². The molecule has 1 aromatic rings. The molecule has 1 aromatic carbocycles. The summed E-state index contributed by atoms with van der Waals surface area (Å²) in [6.07, 6.45) is -3.62. The monoisotopic (exact) mass is 303 g/mol. The van der Waals surface area contributed by atoms with Gasteiger partial charge in [-0.1, -0.05) is 19.1 Å². The maximum atomic E-state index is 12.4. The molecular formula is C14H20F3N3O. The van der Waals surface area contributed by atoms with E-state index in [4.69, 9.17) is 0 Å². The number of para-hydroxylation sites is 2. The first kappa shape index (κ1) is 15.9. The molecule has 0 aromatic heterocycles.